The van der Waals surface area contributed by atoms with Crippen molar-refractivity contribution in [2.24, 2.45) is 0 Å². The standard InChI is InChI=1S/C31H46N2/c1-2-3-4-5-6-7-8-9-10-11-12-13-20-25-32-26-27-33(30-23-18-15-19-24-30)31(32)28-29-21-16-14-17-22-29/h14-19,21-24,26-27,31H,2-13,20,25,28H2,1H3. The summed E-state index contributed by atoms with van der Waals surface area (Å²) in [6.07, 6.45) is 24.3. The molecular formula is C31H46N2. The fraction of sp³-hybridized carbons (Fsp3) is 0.548. The lowest BCUT2D eigenvalue weighted by molar-refractivity contribution is 0.290. The predicted octanol–water partition coefficient (Wildman–Crippen LogP) is 8.94. The molecule has 1 aliphatic heterocycles. The highest BCUT2D eigenvalue weighted by Gasteiger charge is 2.27. The van der Waals surface area contributed by atoms with E-state index >= 15 is 0 Å². The predicted molar refractivity (Wildman–Crippen MR) is 144 cm³/mol. The van der Waals surface area contributed by atoms with Crippen LogP contribution in [-0.2, 0) is 6.42 Å². The van der Waals surface area contributed by atoms with Crippen LogP contribution in [0.1, 0.15) is 96.0 Å². The molecule has 2 aromatic rings. The Hall–Kier alpha value is -2.22. The molecule has 0 aromatic heterocycles. The Morgan fingerprint density at radius 2 is 1.09 bits per heavy atom. The van der Waals surface area contributed by atoms with E-state index in [1.807, 2.05) is 0 Å². The van der Waals surface area contributed by atoms with Crippen LogP contribution < -0.4 is 4.90 Å². The molecule has 3 rings (SSSR count). The van der Waals surface area contributed by atoms with Crippen LogP contribution in [0.3, 0.4) is 0 Å². The molecular weight excluding hydrogens is 400 g/mol. The van der Waals surface area contributed by atoms with Gasteiger partial charge in [-0.15, -0.1) is 0 Å². The molecule has 1 aliphatic rings. The largest absolute Gasteiger partial charge is 0.355 e. The first kappa shape index (κ1) is 25.4. The second-order valence-electron chi connectivity index (χ2n) is 9.69. The zero-order chi connectivity index (χ0) is 23.0. The van der Waals surface area contributed by atoms with Gasteiger partial charge >= 0.3 is 0 Å². The maximum Gasteiger partial charge on any atom is 0.109 e. The van der Waals surface area contributed by atoms with Gasteiger partial charge in [-0.2, -0.15) is 0 Å². The quantitative estimate of drug-likeness (QED) is 0.224. The molecule has 0 saturated carbocycles. The Balaban J connectivity index is 1.33. The van der Waals surface area contributed by atoms with Crippen molar-refractivity contribution in [2.45, 2.75) is 103 Å². The van der Waals surface area contributed by atoms with Gasteiger partial charge in [-0.1, -0.05) is 133 Å². The molecule has 0 saturated heterocycles. The molecule has 1 unspecified atom stereocenters. The fourth-order valence-corrected chi connectivity index (χ4v) is 4.95. The number of hydrogen-bond acceptors (Lipinski definition) is 2. The van der Waals surface area contributed by atoms with Crippen molar-refractivity contribution < 1.29 is 0 Å². The zero-order valence-corrected chi connectivity index (χ0v) is 21.0. The van der Waals surface area contributed by atoms with E-state index in [0.29, 0.717) is 6.17 Å². The number of para-hydroxylation sites is 1. The summed E-state index contributed by atoms with van der Waals surface area (Å²) in [6.45, 7) is 3.44. The molecule has 0 spiro atoms. The molecule has 180 valence electrons. The van der Waals surface area contributed by atoms with Gasteiger partial charge in [0.2, 0.25) is 0 Å². The smallest absolute Gasteiger partial charge is 0.109 e. The van der Waals surface area contributed by atoms with Crippen LogP contribution in [0.25, 0.3) is 0 Å². The Labute approximate surface area is 203 Å². The molecule has 0 radical (unpaired) electrons. The van der Waals surface area contributed by atoms with Crippen LogP contribution >= 0.6 is 0 Å². The van der Waals surface area contributed by atoms with Gasteiger partial charge in [0.05, 0.1) is 0 Å². The number of anilines is 1. The van der Waals surface area contributed by atoms with E-state index in [4.69, 9.17) is 0 Å². The molecule has 0 aliphatic carbocycles. The van der Waals surface area contributed by atoms with Gasteiger partial charge in [0.25, 0.3) is 0 Å². The summed E-state index contributed by atoms with van der Waals surface area (Å²) < 4.78 is 0. The van der Waals surface area contributed by atoms with Gasteiger partial charge in [-0.25, -0.2) is 0 Å². The van der Waals surface area contributed by atoms with E-state index in [9.17, 15) is 0 Å². The van der Waals surface area contributed by atoms with Crippen LogP contribution in [0.4, 0.5) is 5.69 Å². The van der Waals surface area contributed by atoms with E-state index in [-0.39, 0.29) is 0 Å². The minimum atomic E-state index is 0.368. The second kappa shape index (κ2) is 15.6. The Morgan fingerprint density at radius 1 is 0.576 bits per heavy atom. The first-order chi connectivity index (χ1) is 16.4. The first-order valence-corrected chi connectivity index (χ1v) is 13.7. The van der Waals surface area contributed by atoms with Gasteiger partial charge in [0.15, 0.2) is 0 Å². The number of nitrogens with zero attached hydrogens (tertiary/aromatic N) is 2. The zero-order valence-electron chi connectivity index (χ0n) is 21.0. The summed E-state index contributed by atoms with van der Waals surface area (Å²) >= 11 is 0. The summed E-state index contributed by atoms with van der Waals surface area (Å²) in [4.78, 5) is 4.99. The lowest BCUT2D eigenvalue weighted by Gasteiger charge is -2.33. The SMILES string of the molecule is CCCCCCCCCCCCCCCN1C=CN(c2ccccc2)C1Cc1ccccc1. The van der Waals surface area contributed by atoms with Crippen LogP contribution in [0.15, 0.2) is 73.1 Å². The summed E-state index contributed by atoms with van der Waals surface area (Å²) in [5, 5.41) is 0. The minimum absolute atomic E-state index is 0.368. The highest BCUT2D eigenvalue weighted by molar-refractivity contribution is 5.51. The molecule has 0 bridgehead atoms. The summed E-state index contributed by atoms with van der Waals surface area (Å²) in [6, 6.07) is 21.7. The third-order valence-electron chi connectivity index (χ3n) is 6.96. The Morgan fingerprint density at radius 3 is 1.67 bits per heavy atom. The number of rotatable bonds is 17. The normalized spacial score (nSPS) is 15.5. The van der Waals surface area contributed by atoms with Crippen LogP contribution in [0, 0.1) is 0 Å². The van der Waals surface area contributed by atoms with Crippen molar-refractivity contribution in [2.75, 3.05) is 11.4 Å². The lowest BCUT2D eigenvalue weighted by Crippen LogP contribution is -2.40. The van der Waals surface area contributed by atoms with E-state index in [1.165, 1.54) is 94.7 Å². The first-order valence-electron chi connectivity index (χ1n) is 13.7. The van der Waals surface area contributed by atoms with Gasteiger partial charge in [0, 0.05) is 31.1 Å². The average molecular weight is 447 g/mol. The molecule has 2 nitrogen and oxygen atoms in total. The lowest BCUT2D eigenvalue weighted by atomic mass is 10.0. The van der Waals surface area contributed by atoms with Crippen LogP contribution in [0.2, 0.25) is 0 Å². The van der Waals surface area contributed by atoms with E-state index in [1.54, 1.807) is 0 Å². The summed E-state index contributed by atoms with van der Waals surface area (Å²) in [5.41, 5.74) is 2.69. The molecule has 0 fully saturated rings. The molecule has 2 aromatic carbocycles. The molecule has 1 heterocycles. The summed E-state index contributed by atoms with van der Waals surface area (Å²) in [5.74, 6) is 0. The molecule has 0 amide bonds. The molecule has 2 heteroatoms. The number of benzene rings is 2. The van der Waals surface area contributed by atoms with Crippen molar-refractivity contribution in [1.29, 1.82) is 0 Å². The third kappa shape index (κ3) is 9.27. The Kier molecular flexibility index (Phi) is 12.0. The van der Waals surface area contributed by atoms with Gasteiger partial charge < -0.3 is 9.80 Å². The highest BCUT2D eigenvalue weighted by Crippen LogP contribution is 2.27. The van der Waals surface area contributed by atoms with Gasteiger partial charge in [0.1, 0.15) is 6.17 Å². The second-order valence-corrected chi connectivity index (χ2v) is 9.69. The van der Waals surface area contributed by atoms with Gasteiger partial charge in [-0.3, -0.25) is 0 Å². The third-order valence-corrected chi connectivity index (χ3v) is 6.96. The van der Waals surface area contributed by atoms with Gasteiger partial charge in [-0.05, 0) is 24.1 Å². The highest BCUT2D eigenvalue weighted by atomic mass is 15.4. The Bertz CT molecular complexity index is 755. The van der Waals surface area contributed by atoms with Crippen molar-refractivity contribution in [3.05, 3.63) is 78.6 Å². The molecule has 1 atom stereocenters. The van der Waals surface area contributed by atoms with E-state index < -0.39 is 0 Å². The fourth-order valence-electron chi connectivity index (χ4n) is 4.95. The minimum Gasteiger partial charge on any atom is -0.355 e. The monoisotopic (exact) mass is 446 g/mol. The van der Waals surface area contributed by atoms with Crippen molar-refractivity contribution in [3.8, 4) is 0 Å². The summed E-state index contributed by atoms with van der Waals surface area (Å²) in [7, 11) is 0. The maximum atomic E-state index is 2.55. The van der Waals surface area contributed by atoms with Crippen LogP contribution in [0.5, 0.6) is 0 Å². The number of hydrogen-bond donors (Lipinski definition) is 0. The average Bonchev–Trinajstić information content (AvgIpc) is 3.25. The van der Waals surface area contributed by atoms with Crippen molar-refractivity contribution in [1.82, 2.24) is 4.90 Å². The van der Waals surface area contributed by atoms with E-state index in [2.05, 4.69) is 89.8 Å². The molecule has 33 heavy (non-hydrogen) atoms. The topological polar surface area (TPSA) is 6.48 Å². The van der Waals surface area contributed by atoms with Crippen molar-refractivity contribution in [3.63, 3.8) is 0 Å². The molecule has 0 N–H and O–H groups in total. The van der Waals surface area contributed by atoms with Crippen LogP contribution in [-0.4, -0.2) is 17.6 Å². The number of unbranched alkanes of at least 4 members (excludes halogenated alkanes) is 12. The van der Waals surface area contributed by atoms with E-state index in [0.717, 1.165) is 13.0 Å². The maximum absolute atomic E-state index is 2.55. The van der Waals surface area contributed by atoms with Crippen molar-refractivity contribution >= 4 is 5.69 Å².